The molecule has 1 aliphatic rings. The van der Waals surface area contributed by atoms with Gasteiger partial charge in [0, 0.05) is 29.3 Å². The Balaban J connectivity index is 1.42. The van der Waals surface area contributed by atoms with Gasteiger partial charge in [-0.2, -0.15) is 0 Å². The number of carboxylic acid groups (broad SMARTS) is 1. The van der Waals surface area contributed by atoms with Crippen molar-refractivity contribution in [1.29, 1.82) is 0 Å². The summed E-state index contributed by atoms with van der Waals surface area (Å²) in [7, 11) is 3.17. The van der Waals surface area contributed by atoms with E-state index >= 15 is 0 Å². The maximum absolute atomic E-state index is 13.3. The molecule has 0 spiro atoms. The van der Waals surface area contributed by atoms with Crippen molar-refractivity contribution in [1.82, 2.24) is 9.88 Å². The number of ether oxygens (including phenoxy) is 2. The maximum Gasteiger partial charge on any atom is 0.335 e. The number of para-hydroxylation sites is 1. The Bertz CT molecular complexity index is 1630. The molecule has 0 unspecified atom stereocenters. The van der Waals surface area contributed by atoms with Gasteiger partial charge in [-0.15, -0.1) is 0 Å². The van der Waals surface area contributed by atoms with Crippen molar-refractivity contribution in [2.24, 2.45) is 0 Å². The van der Waals surface area contributed by atoms with Crippen LogP contribution in [0.2, 0.25) is 0 Å². The highest BCUT2D eigenvalue weighted by Gasteiger charge is 2.32. The van der Waals surface area contributed by atoms with E-state index in [-0.39, 0.29) is 11.5 Å². The van der Waals surface area contributed by atoms with Gasteiger partial charge in [-0.05, 0) is 60.0 Å². The van der Waals surface area contributed by atoms with Gasteiger partial charge >= 0.3 is 5.97 Å². The van der Waals surface area contributed by atoms with Crippen molar-refractivity contribution < 1.29 is 24.2 Å². The molecule has 1 aromatic heterocycles. The van der Waals surface area contributed by atoms with Gasteiger partial charge in [0.05, 0.1) is 30.2 Å². The van der Waals surface area contributed by atoms with E-state index in [0.717, 1.165) is 33.2 Å². The van der Waals surface area contributed by atoms with Crippen LogP contribution in [0.3, 0.4) is 0 Å². The number of methoxy groups -OCH3 is 2. The monoisotopic (exact) mass is 556 g/mol. The van der Waals surface area contributed by atoms with Crippen LogP contribution in [0.25, 0.3) is 28.1 Å². The summed E-state index contributed by atoms with van der Waals surface area (Å²) in [4.78, 5) is 31.0. The van der Waals surface area contributed by atoms with E-state index in [4.69, 9.17) is 26.8 Å². The maximum atomic E-state index is 13.3. The summed E-state index contributed by atoms with van der Waals surface area (Å²) < 4.78 is 11.8. The summed E-state index contributed by atoms with van der Waals surface area (Å²) in [5.41, 5.74) is 4.46. The second kappa shape index (κ2) is 11.3. The predicted octanol–water partition coefficient (Wildman–Crippen LogP) is 6.06. The highest BCUT2D eigenvalue weighted by Crippen LogP contribution is 2.41. The Labute approximate surface area is 235 Å². The van der Waals surface area contributed by atoms with Crippen molar-refractivity contribution in [2.75, 3.05) is 20.8 Å². The van der Waals surface area contributed by atoms with Crippen LogP contribution >= 0.6 is 24.0 Å². The Morgan fingerprint density at radius 1 is 1.08 bits per heavy atom. The lowest BCUT2D eigenvalue weighted by atomic mass is 10.0. The average Bonchev–Trinajstić information content (AvgIpc) is 3.22. The number of thioether (sulfide) groups is 1. The highest BCUT2D eigenvalue weighted by atomic mass is 32.2. The van der Waals surface area contributed by atoms with Crippen molar-refractivity contribution >= 4 is 57.2 Å². The lowest BCUT2D eigenvalue weighted by molar-refractivity contribution is -0.122. The first-order chi connectivity index (χ1) is 18.9. The number of aromatic carboxylic acids is 1. The van der Waals surface area contributed by atoms with Crippen LogP contribution < -0.4 is 9.47 Å². The zero-order valence-corrected chi connectivity index (χ0v) is 22.8. The third kappa shape index (κ3) is 5.50. The molecule has 0 aliphatic carbocycles. The van der Waals surface area contributed by atoms with Crippen LogP contribution in [-0.2, 0) is 11.2 Å². The molecule has 0 bridgehead atoms. The molecule has 1 saturated heterocycles. The van der Waals surface area contributed by atoms with E-state index in [1.807, 2.05) is 42.5 Å². The smallest absolute Gasteiger partial charge is 0.335 e. The van der Waals surface area contributed by atoms with Crippen LogP contribution in [-0.4, -0.2) is 52.0 Å². The second-order valence-electron chi connectivity index (χ2n) is 8.81. The van der Waals surface area contributed by atoms with Crippen molar-refractivity contribution in [3.8, 4) is 22.6 Å². The molecule has 3 aromatic carbocycles. The average molecular weight is 557 g/mol. The summed E-state index contributed by atoms with van der Waals surface area (Å²) in [6.07, 6.45) is 4.15. The van der Waals surface area contributed by atoms with Crippen molar-refractivity contribution in [2.45, 2.75) is 6.42 Å². The molecule has 0 saturated carbocycles. The number of hydrogen-bond donors (Lipinski definition) is 1. The van der Waals surface area contributed by atoms with Gasteiger partial charge in [-0.1, -0.05) is 54.3 Å². The molecule has 1 aliphatic heterocycles. The van der Waals surface area contributed by atoms with Crippen LogP contribution in [0.15, 0.2) is 77.8 Å². The third-order valence-electron chi connectivity index (χ3n) is 6.40. The van der Waals surface area contributed by atoms with Crippen LogP contribution in [0.4, 0.5) is 0 Å². The van der Waals surface area contributed by atoms with E-state index in [2.05, 4.69) is 4.98 Å². The molecule has 2 heterocycles. The number of nitrogens with zero attached hydrogens (tertiary/aromatic N) is 2. The number of benzene rings is 3. The number of aromatic nitrogens is 1. The number of thiocarbonyl (C=S) groups is 1. The summed E-state index contributed by atoms with van der Waals surface area (Å²) in [5.74, 6) is -0.0300. The Kier molecular flexibility index (Phi) is 7.63. The molecule has 9 heteroatoms. The first kappa shape index (κ1) is 26.4. The molecular weight excluding hydrogens is 532 g/mol. The van der Waals surface area contributed by atoms with E-state index in [1.54, 1.807) is 55.7 Å². The molecule has 39 heavy (non-hydrogen) atoms. The molecule has 1 fully saturated rings. The predicted molar refractivity (Wildman–Crippen MR) is 157 cm³/mol. The number of rotatable bonds is 8. The van der Waals surface area contributed by atoms with E-state index in [9.17, 15) is 9.59 Å². The van der Waals surface area contributed by atoms with Crippen molar-refractivity contribution in [3.63, 3.8) is 0 Å². The number of carbonyl (C=O) groups excluding carboxylic acids is 1. The van der Waals surface area contributed by atoms with Crippen LogP contribution in [0, 0.1) is 0 Å². The molecule has 196 valence electrons. The number of pyridine rings is 1. The Morgan fingerprint density at radius 2 is 1.85 bits per heavy atom. The molecule has 7 nitrogen and oxygen atoms in total. The zero-order valence-electron chi connectivity index (χ0n) is 21.2. The lowest BCUT2D eigenvalue weighted by Crippen LogP contribution is -2.30. The quantitative estimate of drug-likeness (QED) is 0.207. The first-order valence-electron chi connectivity index (χ1n) is 12.1. The summed E-state index contributed by atoms with van der Waals surface area (Å²) >= 11 is 6.77. The van der Waals surface area contributed by atoms with Gasteiger partial charge in [0.2, 0.25) is 0 Å². The number of carboxylic acids is 1. The minimum absolute atomic E-state index is 0.170. The largest absolute Gasteiger partial charge is 0.493 e. The van der Waals surface area contributed by atoms with E-state index in [0.29, 0.717) is 33.7 Å². The van der Waals surface area contributed by atoms with Crippen molar-refractivity contribution in [3.05, 3.63) is 94.5 Å². The van der Waals surface area contributed by atoms with E-state index in [1.165, 1.54) is 11.8 Å². The van der Waals surface area contributed by atoms with Gasteiger partial charge in [0.15, 0.2) is 11.5 Å². The molecule has 1 amide bonds. The highest BCUT2D eigenvalue weighted by molar-refractivity contribution is 8.26. The fraction of sp³-hybridized carbons (Fsp3) is 0.133. The van der Waals surface area contributed by atoms with Gasteiger partial charge in [-0.25, -0.2) is 4.79 Å². The fourth-order valence-electron chi connectivity index (χ4n) is 4.40. The number of hydrogen-bond acceptors (Lipinski definition) is 7. The molecule has 0 radical (unpaired) electrons. The molecule has 4 aromatic rings. The zero-order chi connectivity index (χ0) is 27.5. The minimum Gasteiger partial charge on any atom is -0.493 e. The number of carbonyl (C=O) groups is 2. The summed E-state index contributed by atoms with van der Waals surface area (Å²) in [6, 6.07) is 20.3. The normalized spacial score (nSPS) is 14.3. The molecule has 0 atom stereocenters. The second-order valence-corrected chi connectivity index (χ2v) is 10.5. The SMILES string of the molecule is COc1cc(C=C2SC(=S)N(CCc3ccc(C(=O)O)cc3)C2=O)cc(-c2cnc3ccccc3c2)c1OC. The molecular formula is C30H24N2O5S2. The topological polar surface area (TPSA) is 89.0 Å². The Hall–Kier alpha value is -4.21. The van der Waals surface area contributed by atoms with Crippen LogP contribution in [0.1, 0.15) is 21.5 Å². The lowest BCUT2D eigenvalue weighted by Gasteiger charge is -2.15. The summed E-state index contributed by atoms with van der Waals surface area (Å²) in [6.45, 7) is 0.397. The summed E-state index contributed by atoms with van der Waals surface area (Å²) in [5, 5.41) is 10.1. The molecule has 5 rings (SSSR count). The minimum atomic E-state index is -0.973. The van der Waals surface area contributed by atoms with Gasteiger partial charge in [0.25, 0.3) is 5.91 Å². The van der Waals surface area contributed by atoms with Gasteiger partial charge in [-0.3, -0.25) is 14.7 Å². The van der Waals surface area contributed by atoms with Gasteiger partial charge in [0.1, 0.15) is 4.32 Å². The third-order valence-corrected chi connectivity index (χ3v) is 7.78. The molecule has 1 N–H and O–H groups in total. The Morgan fingerprint density at radius 3 is 2.56 bits per heavy atom. The number of fused-ring (bicyclic) bond motifs is 1. The van der Waals surface area contributed by atoms with Crippen LogP contribution in [0.5, 0.6) is 11.5 Å². The first-order valence-corrected chi connectivity index (χ1v) is 13.3. The number of amides is 1. The fourth-order valence-corrected chi connectivity index (χ4v) is 5.71. The van der Waals surface area contributed by atoms with Gasteiger partial charge < -0.3 is 14.6 Å². The van der Waals surface area contributed by atoms with E-state index < -0.39 is 5.97 Å². The standard InChI is InChI=1S/C30H24N2O5S2/c1-36-25-14-19(13-23(27(25)37-2)22-16-21-5-3-4-6-24(21)31-17-22)15-26-28(33)32(30(38)39-26)12-11-18-7-9-20(10-8-18)29(34)35/h3-10,13-17H,11-12H2,1-2H3,(H,34,35).